The molecule has 0 aromatic rings. The molecule has 2 rings (SSSR count). The Kier molecular flexibility index (Phi) is 3.49. The molecule has 0 N–H and O–H groups in total. The molecule has 1 aliphatic heterocycles. The van der Waals surface area contributed by atoms with E-state index in [0.717, 1.165) is 31.5 Å². The lowest BCUT2D eigenvalue weighted by Crippen LogP contribution is -2.28. The first-order chi connectivity index (χ1) is 8.27. The highest BCUT2D eigenvalue weighted by atomic mass is 15.1. The molecular formula is C14H17N3. The van der Waals surface area contributed by atoms with Crippen molar-refractivity contribution >= 4 is 0 Å². The van der Waals surface area contributed by atoms with E-state index < -0.39 is 0 Å². The van der Waals surface area contributed by atoms with Gasteiger partial charge < -0.3 is 4.90 Å². The first-order valence-corrected chi connectivity index (χ1v) is 6.26. The van der Waals surface area contributed by atoms with E-state index in [1.54, 1.807) is 0 Å². The minimum absolute atomic E-state index is 0.300. The molecule has 1 heterocycles. The van der Waals surface area contributed by atoms with Crippen LogP contribution < -0.4 is 0 Å². The molecule has 1 aliphatic carbocycles. The normalized spacial score (nSPS) is 20.2. The van der Waals surface area contributed by atoms with Gasteiger partial charge in [-0.15, -0.1) is 0 Å². The minimum Gasteiger partial charge on any atom is -0.375 e. The van der Waals surface area contributed by atoms with E-state index in [9.17, 15) is 0 Å². The van der Waals surface area contributed by atoms with Crippen LogP contribution in [0.2, 0.25) is 0 Å². The molecule has 88 valence electrons. The van der Waals surface area contributed by atoms with Crippen LogP contribution in [0.1, 0.15) is 39.0 Å². The van der Waals surface area contributed by atoms with E-state index in [-0.39, 0.29) is 0 Å². The van der Waals surface area contributed by atoms with E-state index >= 15 is 0 Å². The first-order valence-electron chi connectivity index (χ1n) is 6.26. The summed E-state index contributed by atoms with van der Waals surface area (Å²) < 4.78 is 0. The zero-order chi connectivity index (χ0) is 12.3. The third-order valence-electron chi connectivity index (χ3n) is 3.76. The summed E-state index contributed by atoms with van der Waals surface area (Å²) in [6.45, 7) is 4.32. The fourth-order valence-corrected chi connectivity index (χ4v) is 2.82. The molecule has 0 aromatic heterocycles. The van der Waals surface area contributed by atoms with Gasteiger partial charge in [-0.1, -0.05) is 0 Å². The summed E-state index contributed by atoms with van der Waals surface area (Å²) in [5.41, 5.74) is 3.80. The van der Waals surface area contributed by atoms with Gasteiger partial charge in [0.05, 0.1) is 0 Å². The Morgan fingerprint density at radius 2 is 1.71 bits per heavy atom. The largest absolute Gasteiger partial charge is 0.375 e. The van der Waals surface area contributed by atoms with Crippen molar-refractivity contribution in [2.75, 3.05) is 13.1 Å². The summed E-state index contributed by atoms with van der Waals surface area (Å²) in [5, 5.41) is 17.9. The van der Waals surface area contributed by atoms with Crippen LogP contribution in [0.25, 0.3) is 0 Å². The lowest BCUT2D eigenvalue weighted by Gasteiger charge is -2.30. The van der Waals surface area contributed by atoms with Crippen molar-refractivity contribution in [1.82, 2.24) is 4.90 Å². The van der Waals surface area contributed by atoms with Gasteiger partial charge in [-0.25, -0.2) is 0 Å². The van der Waals surface area contributed by atoms with Crippen molar-refractivity contribution in [3.05, 3.63) is 22.4 Å². The highest BCUT2D eigenvalue weighted by Crippen LogP contribution is 2.35. The van der Waals surface area contributed by atoms with Crippen LogP contribution in [0, 0.1) is 22.7 Å². The Labute approximate surface area is 103 Å². The van der Waals surface area contributed by atoms with Crippen molar-refractivity contribution in [2.24, 2.45) is 0 Å². The number of hydrogen-bond acceptors (Lipinski definition) is 3. The van der Waals surface area contributed by atoms with Crippen LogP contribution in [0.5, 0.6) is 0 Å². The van der Waals surface area contributed by atoms with Crippen LogP contribution in [0.3, 0.4) is 0 Å². The molecule has 0 saturated carbocycles. The Balaban J connectivity index is 2.28. The lowest BCUT2D eigenvalue weighted by molar-refractivity contribution is 0.278. The molecule has 0 bridgehead atoms. The summed E-state index contributed by atoms with van der Waals surface area (Å²) in [4.78, 5) is 2.44. The molecular weight excluding hydrogens is 210 g/mol. The molecule has 3 heteroatoms. The molecule has 0 unspecified atom stereocenters. The maximum absolute atomic E-state index is 8.93. The van der Waals surface area contributed by atoms with E-state index in [4.69, 9.17) is 10.5 Å². The summed E-state index contributed by atoms with van der Waals surface area (Å²) in [5.74, 6) is 0. The summed E-state index contributed by atoms with van der Waals surface area (Å²) in [6.07, 6.45) is 5.70. The van der Waals surface area contributed by atoms with Gasteiger partial charge in [-0.05, 0) is 50.2 Å². The average Bonchev–Trinajstić information content (AvgIpc) is 2.75. The summed E-state index contributed by atoms with van der Waals surface area (Å²) >= 11 is 0. The third kappa shape index (κ3) is 2.19. The average molecular weight is 227 g/mol. The van der Waals surface area contributed by atoms with E-state index in [2.05, 4.69) is 11.8 Å². The molecule has 0 radical (unpaired) electrons. The quantitative estimate of drug-likeness (QED) is 0.647. The fraction of sp³-hybridized carbons (Fsp3) is 0.571. The fourth-order valence-electron chi connectivity index (χ4n) is 2.82. The summed E-state index contributed by atoms with van der Waals surface area (Å²) in [7, 11) is 0. The second-order valence-corrected chi connectivity index (χ2v) is 4.70. The summed E-state index contributed by atoms with van der Waals surface area (Å²) in [6, 6.07) is 4.03. The van der Waals surface area contributed by atoms with Crippen molar-refractivity contribution in [3.63, 3.8) is 0 Å². The van der Waals surface area contributed by atoms with Crippen molar-refractivity contribution < 1.29 is 0 Å². The van der Waals surface area contributed by atoms with Crippen molar-refractivity contribution in [2.45, 2.75) is 39.0 Å². The maximum atomic E-state index is 8.93. The molecule has 0 spiro atoms. The molecule has 0 amide bonds. The molecule has 2 aliphatic rings. The molecule has 3 nitrogen and oxygen atoms in total. The predicted molar refractivity (Wildman–Crippen MR) is 65.6 cm³/mol. The van der Waals surface area contributed by atoms with Gasteiger partial charge in [0.1, 0.15) is 17.7 Å². The maximum Gasteiger partial charge on any atom is 0.133 e. The monoisotopic (exact) mass is 227 g/mol. The van der Waals surface area contributed by atoms with Gasteiger partial charge in [0.2, 0.25) is 0 Å². The number of rotatable bonds is 1. The van der Waals surface area contributed by atoms with Gasteiger partial charge in [-0.2, -0.15) is 10.5 Å². The molecule has 0 aromatic carbocycles. The zero-order valence-electron chi connectivity index (χ0n) is 10.3. The zero-order valence-corrected chi connectivity index (χ0v) is 10.3. The molecule has 1 saturated heterocycles. The highest BCUT2D eigenvalue weighted by Gasteiger charge is 2.24. The standard InChI is InChI=1S/C14H17N3/c1-11-13(12(9-15)10-16)5-6-14(11)17-7-3-2-4-8-17/h2-8H2,1H3. The molecule has 0 atom stereocenters. The Hall–Kier alpha value is -1.74. The highest BCUT2D eigenvalue weighted by molar-refractivity contribution is 5.52. The van der Waals surface area contributed by atoms with E-state index in [1.165, 1.54) is 30.5 Å². The molecule has 1 fully saturated rings. The van der Waals surface area contributed by atoms with Crippen LogP contribution in [-0.2, 0) is 0 Å². The Morgan fingerprint density at radius 3 is 2.29 bits per heavy atom. The van der Waals surface area contributed by atoms with Crippen LogP contribution in [-0.4, -0.2) is 18.0 Å². The van der Waals surface area contributed by atoms with Crippen molar-refractivity contribution in [1.29, 1.82) is 10.5 Å². The van der Waals surface area contributed by atoms with E-state index in [0.29, 0.717) is 5.57 Å². The van der Waals surface area contributed by atoms with Gasteiger partial charge in [0, 0.05) is 18.8 Å². The SMILES string of the molecule is CC1=C(N2CCCCC2)CCC1=C(C#N)C#N. The smallest absolute Gasteiger partial charge is 0.133 e. The van der Waals surface area contributed by atoms with Crippen LogP contribution in [0.4, 0.5) is 0 Å². The Morgan fingerprint density at radius 1 is 1.06 bits per heavy atom. The topological polar surface area (TPSA) is 50.8 Å². The van der Waals surface area contributed by atoms with Gasteiger partial charge in [0.25, 0.3) is 0 Å². The van der Waals surface area contributed by atoms with Gasteiger partial charge in [-0.3, -0.25) is 0 Å². The third-order valence-corrected chi connectivity index (χ3v) is 3.76. The number of allylic oxidation sites excluding steroid dienone is 4. The van der Waals surface area contributed by atoms with Crippen LogP contribution >= 0.6 is 0 Å². The lowest BCUT2D eigenvalue weighted by atomic mass is 10.0. The minimum atomic E-state index is 0.300. The second-order valence-electron chi connectivity index (χ2n) is 4.70. The van der Waals surface area contributed by atoms with E-state index in [1.807, 2.05) is 12.1 Å². The van der Waals surface area contributed by atoms with Gasteiger partial charge in [0.15, 0.2) is 0 Å². The molecule has 17 heavy (non-hydrogen) atoms. The first kappa shape index (κ1) is 11.7. The number of nitrogens with zero attached hydrogens (tertiary/aromatic N) is 3. The number of hydrogen-bond donors (Lipinski definition) is 0. The number of likely N-dealkylation sites (tertiary alicyclic amines) is 1. The van der Waals surface area contributed by atoms with Crippen molar-refractivity contribution in [3.8, 4) is 12.1 Å². The Bertz CT molecular complexity index is 435. The number of nitriles is 2. The van der Waals surface area contributed by atoms with Gasteiger partial charge >= 0.3 is 0 Å². The predicted octanol–water partition coefficient (Wildman–Crippen LogP) is 2.88. The second kappa shape index (κ2) is 5.06. The van der Waals surface area contributed by atoms with Crippen LogP contribution in [0.15, 0.2) is 22.4 Å². The number of piperidine rings is 1.